The Morgan fingerprint density at radius 3 is 2.67 bits per heavy atom. The van der Waals surface area contributed by atoms with Gasteiger partial charge >= 0.3 is 0 Å². The van der Waals surface area contributed by atoms with Gasteiger partial charge in [0.05, 0.1) is 13.7 Å². The van der Waals surface area contributed by atoms with Crippen molar-refractivity contribution < 1.29 is 9.53 Å². The fourth-order valence-corrected chi connectivity index (χ4v) is 2.10. The molecular weight excluding hydrogens is 228 g/mol. The number of aromatic nitrogens is 1. The van der Waals surface area contributed by atoms with Gasteiger partial charge in [-0.05, 0) is 30.3 Å². The first-order valence-corrected chi connectivity index (χ1v) is 5.69. The molecule has 0 unspecified atom stereocenters. The van der Waals surface area contributed by atoms with Gasteiger partial charge in [0.25, 0.3) is 5.91 Å². The summed E-state index contributed by atoms with van der Waals surface area (Å²) in [6.07, 6.45) is 1.65. The van der Waals surface area contributed by atoms with E-state index in [0.29, 0.717) is 12.2 Å². The third-order valence-electron chi connectivity index (χ3n) is 3.05. The molecular formula is C14H12N2O2. The molecule has 2 aromatic rings. The van der Waals surface area contributed by atoms with E-state index in [0.717, 1.165) is 17.0 Å². The molecule has 0 aliphatic carbocycles. The monoisotopic (exact) mass is 240 g/mol. The lowest BCUT2D eigenvalue weighted by molar-refractivity contribution is 0.0992. The zero-order valence-electron chi connectivity index (χ0n) is 9.96. The summed E-state index contributed by atoms with van der Waals surface area (Å²) in [6.45, 7) is 0.578. The number of rotatable bonds is 2. The average molecular weight is 240 g/mol. The van der Waals surface area contributed by atoms with Crippen molar-refractivity contribution in [2.24, 2.45) is 0 Å². The predicted molar refractivity (Wildman–Crippen MR) is 67.7 cm³/mol. The summed E-state index contributed by atoms with van der Waals surface area (Å²) in [7, 11) is 1.62. The molecule has 2 heterocycles. The van der Waals surface area contributed by atoms with Crippen molar-refractivity contribution in [3.63, 3.8) is 0 Å². The van der Waals surface area contributed by atoms with E-state index in [9.17, 15) is 4.79 Å². The van der Waals surface area contributed by atoms with Gasteiger partial charge in [-0.25, -0.2) is 0 Å². The predicted octanol–water partition coefficient (Wildman–Crippen LogP) is 2.25. The maximum atomic E-state index is 12.2. The van der Waals surface area contributed by atoms with Gasteiger partial charge in [-0.1, -0.05) is 6.07 Å². The topological polar surface area (TPSA) is 42.4 Å². The molecule has 0 radical (unpaired) electrons. The lowest BCUT2D eigenvalue weighted by Crippen LogP contribution is -2.23. The summed E-state index contributed by atoms with van der Waals surface area (Å²) in [5.74, 6) is 0.733. The second-order valence-corrected chi connectivity index (χ2v) is 4.10. The zero-order valence-corrected chi connectivity index (χ0v) is 9.96. The third kappa shape index (κ3) is 1.62. The fourth-order valence-electron chi connectivity index (χ4n) is 2.10. The molecule has 1 aromatic heterocycles. The van der Waals surface area contributed by atoms with Crippen molar-refractivity contribution in [3.05, 3.63) is 53.9 Å². The average Bonchev–Trinajstić information content (AvgIpc) is 2.77. The van der Waals surface area contributed by atoms with Crippen LogP contribution in [0.4, 0.5) is 5.69 Å². The minimum Gasteiger partial charge on any atom is -0.497 e. The fraction of sp³-hybridized carbons (Fsp3) is 0.143. The van der Waals surface area contributed by atoms with E-state index in [1.807, 2.05) is 36.4 Å². The molecule has 4 nitrogen and oxygen atoms in total. The van der Waals surface area contributed by atoms with E-state index in [2.05, 4.69) is 4.98 Å². The van der Waals surface area contributed by atoms with Crippen LogP contribution in [0.3, 0.4) is 0 Å². The van der Waals surface area contributed by atoms with Crippen LogP contribution in [0, 0.1) is 0 Å². The number of nitrogens with zero attached hydrogens (tertiary/aromatic N) is 2. The number of carbonyl (C=O) groups is 1. The van der Waals surface area contributed by atoms with Crippen LogP contribution in [-0.2, 0) is 6.54 Å². The van der Waals surface area contributed by atoms with Gasteiger partial charge in [0.15, 0.2) is 0 Å². The number of ether oxygens (including phenoxy) is 1. The Hall–Kier alpha value is -2.36. The minimum absolute atomic E-state index is 0.0456. The Morgan fingerprint density at radius 1 is 1.22 bits per heavy atom. The highest BCUT2D eigenvalue weighted by Crippen LogP contribution is 2.27. The van der Waals surface area contributed by atoms with Crippen LogP contribution in [0.1, 0.15) is 16.1 Å². The molecule has 0 saturated heterocycles. The molecule has 1 amide bonds. The number of methoxy groups -OCH3 is 1. The van der Waals surface area contributed by atoms with Crippen LogP contribution in [0.25, 0.3) is 0 Å². The van der Waals surface area contributed by atoms with E-state index in [1.165, 1.54) is 0 Å². The molecule has 18 heavy (non-hydrogen) atoms. The summed E-state index contributed by atoms with van der Waals surface area (Å²) in [5.41, 5.74) is 2.38. The van der Waals surface area contributed by atoms with Crippen molar-refractivity contribution in [1.82, 2.24) is 4.98 Å². The van der Waals surface area contributed by atoms with Crippen LogP contribution >= 0.6 is 0 Å². The standard InChI is InChI=1S/C14H12N2O2/c1-18-12-6-4-11(5-7-12)16-9-10-3-2-8-15-13(10)14(16)17/h2-8H,9H2,1H3. The Bertz CT molecular complexity index is 593. The summed E-state index contributed by atoms with van der Waals surface area (Å²) in [5, 5.41) is 0. The van der Waals surface area contributed by atoms with Gasteiger partial charge < -0.3 is 9.64 Å². The SMILES string of the molecule is COc1ccc(N2Cc3cccnc3C2=O)cc1. The molecule has 0 bridgehead atoms. The number of pyridine rings is 1. The van der Waals surface area contributed by atoms with Gasteiger partial charge in [-0.2, -0.15) is 0 Å². The van der Waals surface area contributed by atoms with Crippen molar-refractivity contribution >= 4 is 11.6 Å². The van der Waals surface area contributed by atoms with Crippen LogP contribution in [0.5, 0.6) is 5.75 Å². The quantitative estimate of drug-likeness (QED) is 0.808. The van der Waals surface area contributed by atoms with Crippen molar-refractivity contribution in [2.45, 2.75) is 6.54 Å². The first kappa shape index (κ1) is 10.8. The van der Waals surface area contributed by atoms with Crippen LogP contribution in [-0.4, -0.2) is 18.0 Å². The van der Waals surface area contributed by atoms with E-state index in [1.54, 1.807) is 18.2 Å². The summed E-state index contributed by atoms with van der Waals surface area (Å²) in [6, 6.07) is 11.2. The lowest BCUT2D eigenvalue weighted by atomic mass is 10.2. The molecule has 90 valence electrons. The highest BCUT2D eigenvalue weighted by atomic mass is 16.5. The second kappa shape index (κ2) is 4.14. The van der Waals surface area contributed by atoms with Crippen molar-refractivity contribution in [3.8, 4) is 5.75 Å². The van der Waals surface area contributed by atoms with Gasteiger partial charge in [0, 0.05) is 17.4 Å². The van der Waals surface area contributed by atoms with E-state index in [4.69, 9.17) is 4.74 Å². The van der Waals surface area contributed by atoms with Crippen molar-refractivity contribution in [1.29, 1.82) is 0 Å². The summed E-state index contributed by atoms with van der Waals surface area (Å²) >= 11 is 0. The molecule has 0 N–H and O–H groups in total. The highest BCUT2D eigenvalue weighted by Gasteiger charge is 2.29. The van der Waals surface area contributed by atoms with Gasteiger partial charge in [0.2, 0.25) is 0 Å². The van der Waals surface area contributed by atoms with E-state index >= 15 is 0 Å². The molecule has 1 aliphatic heterocycles. The Kier molecular flexibility index (Phi) is 2.48. The van der Waals surface area contributed by atoms with Crippen LogP contribution in [0.2, 0.25) is 0 Å². The summed E-state index contributed by atoms with van der Waals surface area (Å²) in [4.78, 5) is 18.0. The van der Waals surface area contributed by atoms with E-state index in [-0.39, 0.29) is 5.91 Å². The Morgan fingerprint density at radius 2 is 2.00 bits per heavy atom. The molecule has 1 aliphatic rings. The number of benzene rings is 1. The molecule has 0 fully saturated rings. The molecule has 4 heteroatoms. The van der Waals surface area contributed by atoms with Crippen LogP contribution in [0.15, 0.2) is 42.6 Å². The molecule has 0 spiro atoms. The zero-order chi connectivity index (χ0) is 12.5. The number of hydrogen-bond acceptors (Lipinski definition) is 3. The Balaban J connectivity index is 1.93. The molecule has 1 aromatic carbocycles. The molecule has 0 atom stereocenters. The van der Waals surface area contributed by atoms with E-state index < -0.39 is 0 Å². The number of anilines is 1. The van der Waals surface area contributed by atoms with Crippen molar-refractivity contribution in [2.75, 3.05) is 12.0 Å². The molecule has 3 rings (SSSR count). The van der Waals surface area contributed by atoms with Gasteiger partial charge in [-0.3, -0.25) is 9.78 Å². The number of fused-ring (bicyclic) bond motifs is 1. The number of amides is 1. The normalized spacial score (nSPS) is 13.6. The van der Waals surface area contributed by atoms with Gasteiger partial charge in [-0.15, -0.1) is 0 Å². The van der Waals surface area contributed by atoms with Gasteiger partial charge in [0.1, 0.15) is 11.4 Å². The van der Waals surface area contributed by atoms with Crippen LogP contribution < -0.4 is 9.64 Å². The Labute approximate surface area is 105 Å². The third-order valence-corrected chi connectivity index (χ3v) is 3.05. The number of carbonyl (C=O) groups excluding carboxylic acids is 1. The smallest absolute Gasteiger partial charge is 0.277 e. The second-order valence-electron chi connectivity index (χ2n) is 4.10. The number of hydrogen-bond donors (Lipinski definition) is 0. The highest BCUT2D eigenvalue weighted by molar-refractivity contribution is 6.08. The maximum absolute atomic E-state index is 12.2. The lowest BCUT2D eigenvalue weighted by Gasteiger charge is -2.15. The largest absolute Gasteiger partial charge is 0.497 e. The first-order chi connectivity index (χ1) is 8.79. The first-order valence-electron chi connectivity index (χ1n) is 5.69. The maximum Gasteiger partial charge on any atom is 0.277 e. The minimum atomic E-state index is -0.0456. The molecule has 0 saturated carbocycles. The summed E-state index contributed by atoms with van der Waals surface area (Å²) < 4.78 is 5.10.